The molecule has 0 rings (SSSR count). The van der Waals surface area contributed by atoms with Gasteiger partial charge in [0.1, 0.15) is 12.1 Å². The average molecular weight is 316 g/mol. The molecule has 0 radical (unpaired) electrons. The number of hydrogen-bond acceptors (Lipinski definition) is 5. The van der Waals surface area contributed by atoms with Gasteiger partial charge in [-0.3, -0.25) is 9.59 Å². The van der Waals surface area contributed by atoms with Crippen LogP contribution in [0.1, 0.15) is 39.5 Å². The van der Waals surface area contributed by atoms with Gasteiger partial charge in [0.2, 0.25) is 11.8 Å². The molecule has 0 aliphatic carbocycles. The Morgan fingerprint density at radius 1 is 1.14 bits per heavy atom. The molecule has 8 nitrogen and oxygen atoms in total. The van der Waals surface area contributed by atoms with Gasteiger partial charge in [0, 0.05) is 0 Å². The van der Waals surface area contributed by atoms with E-state index in [0.29, 0.717) is 32.2 Å². The lowest BCUT2D eigenvalue weighted by atomic mass is 9.97. The van der Waals surface area contributed by atoms with Crippen LogP contribution >= 0.6 is 0 Å². The van der Waals surface area contributed by atoms with Gasteiger partial charge in [0.25, 0.3) is 0 Å². The first-order valence-electron chi connectivity index (χ1n) is 7.60. The molecule has 0 aromatic carbocycles. The predicted octanol–water partition coefficient (Wildman–Crippen LogP) is -0.826. The fourth-order valence-corrected chi connectivity index (χ4v) is 1.95. The van der Waals surface area contributed by atoms with Gasteiger partial charge in [-0.25, -0.2) is 4.79 Å². The summed E-state index contributed by atoms with van der Waals surface area (Å²) >= 11 is 0. The number of carbonyl (C=O) groups excluding carboxylic acids is 2. The molecule has 0 saturated carbocycles. The Bertz CT molecular complexity index is 376. The second kappa shape index (κ2) is 11.0. The highest BCUT2D eigenvalue weighted by atomic mass is 16.4. The number of rotatable bonds is 11. The maximum absolute atomic E-state index is 12.3. The van der Waals surface area contributed by atoms with Gasteiger partial charge in [-0.1, -0.05) is 20.3 Å². The lowest BCUT2D eigenvalue weighted by Crippen LogP contribution is -2.55. The van der Waals surface area contributed by atoms with Crippen LogP contribution in [0.5, 0.6) is 0 Å². The van der Waals surface area contributed by atoms with Crippen molar-refractivity contribution in [3.63, 3.8) is 0 Å². The molecule has 0 unspecified atom stereocenters. The van der Waals surface area contributed by atoms with E-state index < -0.39 is 29.9 Å². The largest absolute Gasteiger partial charge is 0.480 e. The highest BCUT2D eigenvalue weighted by molar-refractivity contribution is 5.91. The Kier molecular flexibility index (Phi) is 10.1. The summed E-state index contributed by atoms with van der Waals surface area (Å²) in [5.74, 6) is -2.18. The minimum atomic E-state index is -1.10. The molecule has 128 valence electrons. The van der Waals surface area contributed by atoms with E-state index in [1.54, 1.807) is 0 Å². The number of unbranched alkanes of at least 4 members (excludes halogenated alkanes) is 1. The molecule has 0 aromatic heterocycles. The maximum atomic E-state index is 12.3. The molecular weight excluding hydrogens is 288 g/mol. The van der Waals surface area contributed by atoms with Crippen molar-refractivity contribution >= 4 is 17.8 Å². The van der Waals surface area contributed by atoms with E-state index in [-0.39, 0.29) is 12.5 Å². The third-order valence-electron chi connectivity index (χ3n) is 3.56. The molecule has 0 aromatic rings. The lowest BCUT2D eigenvalue weighted by Gasteiger charge is -2.25. The van der Waals surface area contributed by atoms with Crippen molar-refractivity contribution in [3.8, 4) is 0 Å². The number of nitrogens with two attached hydrogens (primary N) is 2. The molecule has 0 fully saturated rings. The quantitative estimate of drug-likeness (QED) is 0.314. The second-order valence-corrected chi connectivity index (χ2v) is 5.32. The molecule has 0 heterocycles. The number of carbonyl (C=O) groups is 3. The third kappa shape index (κ3) is 7.37. The van der Waals surface area contributed by atoms with Crippen molar-refractivity contribution in [1.82, 2.24) is 10.6 Å². The van der Waals surface area contributed by atoms with Crippen LogP contribution < -0.4 is 22.1 Å². The predicted molar refractivity (Wildman–Crippen MR) is 82.9 cm³/mol. The first-order valence-corrected chi connectivity index (χ1v) is 7.60. The highest BCUT2D eigenvalue weighted by Gasteiger charge is 2.29. The number of nitrogens with one attached hydrogen (secondary N) is 2. The molecule has 2 amide bonds. The minimum Gasteiger partial charge on any atom is -0.480 e. The zero-order chi connectivity index (χ0) is 17.1. The fourth-order valence-electron chi connectivity index (χ4n) is 1.95. The van der Waals surface area contributed by atoms with Gasteiger partial charge in [0.05, 0.1) is 6.54 Å². The number of carboxylic acids is 1. The van der Waals surface area contributed by atoms with Gasteiger partial charge in [-0.15, -0.1) is 0 Å². The Morgan fingerprint density at radius 3 is 2.23 bits per heavy atom. The lowest BCUT2D eigenvalue weighted by molar-refractivity contribution is -0.142. The van der Waals surface area contributed by atoms with Crippen molar-refractivity contribution < 1.29 is 19.5 Å². The summed E-state index contributed by atoms with van der Waals surface area (Å²) < 4.78 is 0. The molecule has 22 heavy (non-hydrogen) atoms. The molecule has 0 spiro atoms. The summed E-state index contributed by atoms with van der Waals surface area (Å²) in [6.45, 7) is 3.95. The van der Waals surface area contributed by atoms with Crippen molar-refractivity contribution in [2.24, 2.45) is 17.4 Å². The molecule has 0 aliphatic rings. The molecule has 7 N–H and O–H groups in total. The summed E-state index contributed by atoms with van der Waals surface area (Å²) in [4.78, 5) is 34.9. The standard InChI is InChI=1S/C14H28N4O4/c1-3-9(2)12(18-11(19)8-16)13(20)17-10(14(21)22)6-4-5-7-15/h9-10,12H,3-8,15-16H2,1-2H3,(H,17,20)(H,18,19)(H,21,22)/t9-,10-,12-/m0/s1. The number of amides is 2. The van der Waals surface area contributed by atoms with Crippen molar-refractivity contribution in [2.75, 3.05) is 13.1 Å². The SMILES string of the molecule is CC[C@H](C)[C@H](NC(=O)CN)C(=O)N[C@@H](CCCCN)C(=O)O. The van der Waals surface area contributed by atoms with E-state index in [0.717, 1.165) is 0 Å². The van der Waals surface area contributed by atoms with E-state index >= 15 is 0 Å². The number of carboxylic acid groups (broad SMARTS) is 1. The topological polar surface area (TPSA) is 148 Å². The van der Waals surface area contributed by atoms with Crippen molar-refractivity contribution in [3.05, 3.63) is 0 Å². The van der Waals surface area contributed by atoms with Gasteiger partial charge in [0.15, 0.2) is 0 Å². The van der Waals surface area contributed by atoms with Crippen LogP contribution in [0.3, 0.4) is 0 Å². The monoisotopic (exact) mass is 316 g/mol. The molecule has 0 aliphatic heterocycles. The molecule has 8 heteroatoms. The molecule has 0 bridgehead atoms. The fraction of sp³-hybridized carbons (Fsp3) is 0.786. The Labute approximate surface area is 131 Å². The van der Waals surface area contributed by atoms with E-state index in [1.807, 2.05) is 13.8 Å². The summed E-state index contributed by atoms with van der Waals surface area (Å²) in [6, 6.07) is -1.78. The summed E-state index contributed by atoms with van der Waals surface area (Å²) in [5, 5.41) is 14.2. The van der Waals surface area contributed by atoms with Crippen molar-refractivity contribution in [2.45, 2.75) is 51.6 Å². The zero-order valence-corrected chi connectivity index (χ0v) is 13.3. The van der Waals surface area contributed by atoms with Gasteiger partial charge < -0.3 is 27.2 Å². The van der Waals surface area contributed by atoms with Gasteiger partial charge >= 0.3 is 5.97 Å². The van der Waals surface area contributed by atoms with Gasteiger partial charge in [-0.05, 0) is 31.7 Å². The zero-order valence-electron chi connectivity index (χ0n) is 13.3. The molecule has 0 saturated heterocycles. The highest BCUT2D eigenvalue weighted by Crippen LogP contribution is 2.09. The van der Waals surface area contributed by atoms with Gasteiger partial charge in [-0.2, -0.15) is 0 Å². The smallest absolute Gasteiger partial charge is 0.326 e. The molecule has 3 atom stereocenters. The Balaban J connectivity index is 4.80. The van der Waals surface area contributed by atoms with Crippen molar-refractivity contribution in [1.29, 1.82) is 0 Å². The summed E-state index contributed by atoms with van der Waals surface area (Å²) in [7, 11) is 0. The average Bonchev–Trinajstić information content (AvgIpc) is 2.50. The van der Waals surface area contributed by atoms with E-state index in [2.05, 4.69) is 10.6 Å². The summed E-state index contributed by atoms with van der Waals surface area (Å²) in [5.41, 5.74) is 10.6. The number of aliphatic carboxylic acids is 1. The molecular formula is C14H28N4O4. The Morgan fingerprint density at radius 2 is 1.77 bits per heavy atom. The maximum Gasteiger partial charge on any atom is 0.326 e. The van der Waals surface area contributed by atoms with E-state index in [1.165, 1.54) is 0 Å². The van der Waals surface area contributed by atoms with Crippen LogP contribution in [-0.2, 0) is 14.4 Å². The van der Waals surface area contributed by atoms with Crippen LogP contribution in [-0.4, -0.2) is 48.1 Å². The van der Waals surface area contributed by atoms with Crippen LogP contribution in [0.2, 0.25) is 0 Å². The summed E-state index contributed by atoms with van der Waals surface area (Å²) in [6.07, 6.45) is 2.26. The second-order valence-electron chi connectivity index (χ2n) is 5.32. The number of hydrogen-bond donors (Lipinski definition) is 5. The van der Waals surface area contributed by atoms with Crippen LogP contribution in [0.15, 0.2) is 0 Å². The first kappa shape index (κ1) is 20.3. The Hall–Kier alpha value is -1.67. The first-order chi connectivity index (χ1) is 10.4. The minimum absolute atomic E-state index is 0.131. The normalized spacial score (nSPS) is 14.7. The van der Waals surface area contributed by atoms with E-state index in [4.69, 9.17) is 11.5 Å². The van der Waals surface area contributed by atoms with Crippen LogP contribution in [0, 0.1) is 5.92 Å². The van der Waals surface area contributed by atoms with E-state index in [9.17, 15) is 19.5 Å². The third-order valence-corrected chi connectivity index (χ3v) is 3.56. The van der Waals surface area contributed by atoms with Crippen LogP contribution in [0.4, 0.5) is 0 Å². The van der Waals surface area contributed by atoms with Crippen LogP contribution in [0.25, 0.3) is 0 Å².